The van der Waals surface area contributed by atoms with Crippen molar-refractivity contribution < 1.29 is 29.6 Å². The van der Waals surface area contributed by atoms with Crippen LogP contribution in [0, 0.1) is 13.8 Å². The van der Waals surface area contributed by atoms with Gasteiger partial charge in [0.05, 0.1) is 6.61 Å². The van der Waals surface area contributed by atoms with Gasteiger partial charge in [0.25, 0.3) is 0 Å². The molecule has 0 spiro atoms. The monoisotopic (exact) mass is 325 g/mol. The number of carbonyl (C=O) groups is 1. The number of carbonyl (C=O) groups excluding carboxylic acids is 1. The number of benzene rings is 1. The van der Waals surface area contributed by atoms with Crippen LogP contribution in [0.25, 0.3) is 0 Å². The van der Waals surface area contributed by atoms with E-state index in [1.54, 1.807) is 0 Å². The van der Waals surface area contributed by atoms with Crippen LogP contribution < -0.4 is 10.1 Å². The molecule has 0 saturated carbocycles. The van der Waals surface area contributed by atoms with Gasteiger partial charge in [0.15, 0.2) is 0 Å². The Morgan fingerprint density at radius 3 is 2.39 bits per heavy atom. The summed E-state index contributed by atoms with van der Waals surface area (Å²) in [6, 6.07) is 4.67. The lowest BCUT2D eigenvalue weighted by atomic mass is 9.97. The fourth-order valence-corrected chi connectivity index (χ4v) is 2.67. The van der Waals surface area contributed by atoms with E-state index in [1.165, 1.54) is 6.92 Å². The number of rotatable bonds is 4. The smallest absolute Gasteiger partial charge is 0.223 e. The molecule has 1 amide bonds. The Kier molecular flexibility index (Phi) is 5.59. The first-order chi connectivity index (χ1) is 10.8. The number of aliphatic hydroxyl groups is 3. The third-order valence-corrected chi connectivity index (χ3v) is 3.89. The second-order valence-corrected chi connectivity index (χ2v) is 5.77. The van der Waals surface area contributed by atoms with E-state index in [4.69, 9.17) is 9.47 Å². The topological polar surface area (TPSA) is 108 Å². The van der Waals surface area contributed by atoms with Crippen molar-refractivity contribution in [1.82, 2.24) is 5.32 Å². The lowest BCUT2D eigenvalue weighted by Crippen LogP contribution is -2.65. The number of amides is 1. The Hall–Kier alpha value is -1.67. The zero-order chi connectivity index (χ0) is 17.1. The standard InChI is InChI=1S/C16H23NO6/c1-8-5-4-6-9(2)15(8)23-16-12(17-10(3)19)14(21)13(20)11(7-18)22-16/h4-6,11-14,16,18,20-21H,7H2,1-3H3,(H,17,19)/t11-,12-,13-,14-,16+/m1/s1. The first-order valence-corrected chi connectivity index (χ1v) is 7.47. The van der Waals surface area contributed by atoms with Gasteiger partial charge in [0.1, 0.15) is 30.1 Å². The maximum atomic E-state index is 11.4. The Morgan fingerprint density at radius 2 is 1.87 bits per heavy atom. The Labute approximate surface area is 134 Å². The Morgan fingerprint density at radius 1 is 1.26 bits per heavy atom. The third kappa shape index (κ3) is 3.81. The molecule has 7 nitrogen and oxygen atoms in total. The van der Waals surface area contributed by atoms with E-state index in [0.29, 0.717) is 5.75 Å². The molecular formula is C16H23NO6. The summed E-state index contributed by atoms with van der Waals surface area (Å²) in [7, 11) is 0. The molecule has 0 aromatic heterocycles. The van der Waals surface area contributed by atoms with E-state index < -0.39 is 37.3 Å². The summed E-state index contributed by atoms with van der Waals surface area (Å²) in [6.07, 6.45) is -4.67. The van der Waals surface area contributed by atoms with Crippen LogP contribution in [-0.4, -0.2) is 58.5 Å². The van der Waals surface area contributed by atoms with Crippen molar-refractivity contribution in [3.8, 4) is 5.75 Å². The van der Waals surface area contributed by atoms with E-state index in [-0.39, 0.29) is 5.91 Å². The molecule has 1 heterocycles. The largest absolute Gasteiger partial charge is 0.462 e. The predicted octanol–water partition coefficient (Wildman–Crippen LogP) is -0.374. The van der Waals surface area contributed by atoms with Crippen LogP contribution in [-0.2, 0) is 9.53 Å². The van der Waals surface area contributed by atoms with Crippen molar-refractivity contribution in [2.24, 2.45) is 0 Å². The normalized spacial score (nSPS) is 30.8. The molecule has 0 bridgehead atoms. The number of para-hydroxylation sites is 1. The summed E-state index contributed by atoms with van der Waals surface area (Å²) >= 11 is 0. The number of aliphatic hydroxyl groups excluding tert-OH is 3. The van der Waals surface area contributed by atoms with Crippen LogP contribution in [0.4, 0.5) is 0 Å². The summed E-state index contributed by atoms with van der Waals surface area (Å²) in [6.45, 7) is 4.56. The van der Waals surface area contributed by atoms with E-state index in [0.717, 1.165) is 11.1 Å². The molecular weight excluding hydrogens is 302 g/mol. The maximum absolute atomic E-state index is 11.4. The molecule has 0 aliphatic carbocycles. The summed E-state index contributed by atoms with van der Waals surface area (Å²) in [5.41, 5.74) is 1.74. The molecule has 1 aliphatic rings. The Balaban J connectivity index is 2.29. The highest BCUT2D eigenvalue weighted by Crippen LogP contribution is 2.28. The fraction of sp³-hybridized carbons (Fsp3) is 0.562. The summed E-state index contributed by atoms with van der Waals surface area (Å²) in [5, 5.41) is 32.0. The van der Waals surface area contributed by atoms with Crippen molar-refractivity contribution in [3.63, 3.8) is 0 Å². The average molecular weight is 325 g/mol. The summed E-state index contributed by atoms with van der Waals surface area (Å²) in [4.78, 5) is 11.4. The minimum absolute atomic E-state index is 0.387. The van der Waals surface area contributed by atoms with Crippen LogP contribution in [0.15, 0.2) is 18.2 Å². The van der Waals surface area contributed by atoms with Gasteiger partial charge < -0.3 is 30.1 Å². The number of ether oxygens (including phenoxy) is 2. The zero-order valence-corrected chi connectivity index (χ0v) is 13.4. The van der Waals surface area contributed by atoms with Gasteiger partial charge in [0.2, 0.25) is 12.2 Å². The van der Waals surface area contributed by atoms with E-state index >= 15 is 0 Å². The highest BCUT2D eigenvalue weighted by atomic mass is 16.7. The van der Waals surface area contributed by atoms with Crippen LogP contribution in [0.2, 0.25) is 0 Å². The van der Waals surface area contributed by atoms with Gasteiger partial charge in [0, 0.05) is 6.92 Å². The lowest BCUT2D eigenvalue weighted by Gasteiger charge is -2.42. The van der Waals surface area contributed by atoms with Crippen LogP contribution >= 0.6 is 0 Å². The molecule has 5 atom stereocenters. The summed E-state index contributed by atoms with van der Waals surface area (Å²) < 4.78 is 11.4. The first kappa shape index (κ1) is 17.7. The van der Waals surface area contributed by atoms with Gasteiger partial charge in [-0.15, -0.1) is 0 Å². The molecule has 2 rings (SSSR count). The first-order valence-electron chi connectivity index (χ1n) is 7.47. The van der Waals surface area contributed by atoms with Gasteiger partial charge in [-0.1, -0.05) is 18.2 Å². The molecule has 1 fully saturated rings. The van der Waals surface area contributed by atoms with E-state index in [9.17, 15) is 20.1 Å². The summed E-state index contributed by atoms with van der Waals surface area (Å²) in [5.74, 6) is 0.190. The van der Waals surface area contributed by atoms with Gasteiger partial charge in [-0.05, 0) is 25.0 Å². The minimum Gasteiger partial charge on any atom is -0.462 e. The molecule has 1 saturated heterocycles. The second kappa shape index (κ2) is 7.27. The number of hydrogen-bond acceptors (Lipinski definition) is 6. The molecule has 0 unspecified atom stereocenters. The van der Waals surface area contributed by atoms with Crippen molar-refractivity contribution >= 4 is 5.91 Å². The average Bonchev–Trinajstić information content (AvgIpc) is 2.49. The van der Waals surface area contributed by atoms with Gasteiger partial charge in [-0.3, -0.25) is 4.79 Å². The van der Waals surface area contributed by atoms with Crippen molar-refractivity contribution in [1.29, 1.82) is 0 Å². The van der Waals surface area contributed by atoms with Crippen molar-refractivity contribution in [2.75, 3.05) is 6.61 Å². The van der Waals surface area contributed by atoms with Gasteiger partial charge in [-0.2, -0.15) is 0 Å². The quantitative estimate of drug-likeness (QED) is 0.601. The highest BCUT2D eigenvalue weighted by molar-refractivity contribution is 5.73. The Bertz CT molecular complexity index is 543. The molecule has 1 aromatic rings. The minimum atomic E-state index is -1.32. The molecule has 128 valence electrons. The third-order valence-electron chi connectivity index (χ3n) is 3.89. The fourth-order valence-electron chi connectivity index (χ4n) is 2.67. The van der Waals surface area contributed by atoms with Gasteiger partial charge >= 0.3 is 0 Å². The van der Waals surface area contributed by atoms with Gasteiger partial charge in [-0.25, -0.2) is 0 Å². The molecule has 1 aliphatic heterocycles. The van der Waals surface area contributed by atoms with Crippen molar-refractivity contribution in [2.45, 2.75) is 51.4 Å². The van der Waals surface area contributed by atoms with Crippen LogP contribution in [0.1, 0.15) is 18.1 Å². The number of aryl methyl sites for hydroxylation is 2. The lowest BCUT2D eigenvalue weighted by molar-refractivity contribution is -0.244. The highest BCUT2D eigenvalue weighted by Gasteiger charge is 2.46. The van der Waals surface area contributed by atoms with E-state index in [1.807, 2.05) is 32.0 Å². The van der Waals surface area contributed by atoms with Crippen LogP contribution in [0.3, 0.4) is 0 Å². The number of nitrogens with one attached hydrogen (secondary N) is 1. The zero-order valence-electron chi connectivity index (χ0n) is 13.4. The second-order valence-electron chi connectivity index (χ2n) is 5.77. The maximum Gasteiger partial charge on any atom is 0.223 e. The molecule has 0 radical (unpaired) electrons. The van der Waals surface area contributed by atoms with Crippen molar-refractivity contribution in [3.05, 3.63) is 29.3 Å². The number of hydrogen-bond donors (Lipinski definition) is 4. The predicted molar refractivity (Wildman–Crippen MR) is 81.9 cm³/mol. The molecule has 1 aromatic carbocycles. The van der Waals surface area contributed by atoms with Crippen LogP contribution in [0.5, 0.6) is 5.75 Å². The SMILES string of the molecule is CC(=O)N[C@H]1[C@H](Oc2c(C)cccc2C)O[C@H](CO)[C@@H](O)[C@@H]1O. The molecule has 23 heavy (non-hydrogen) atoms. The molecule has 7 heteroatoms. The molecule has 4 N–H and O–H groups in total. The van der Waals surface area contributed by atoms with E-state index in [2.05, 4.69) is 5.32 Å².